The Morgan fingerprint density at radius 2 is 1.72 bits per heavy atom. The molecule has 0 radical (unpaired) electrons. The smallest absolute Gasteiger partial charge is 0.196 e. The molecule has 2 heterocycles. The molecule has 146 valence electrons. The Morgan fingerprint density at radius 1 is 0.966 bits per heavy atom. The van der Waals surface area contributed by atoms with E-state index < -0.39 is 0 Å². The van der Waals surface area contributed by atoms with Crippen LogP contribution in [0.5, 0.6) is 5.75 Å². The summed E-state index contributed by atoms with van der Waals surface area (Å²) >= 11 is 7.76. The third-order valence-corrected chi connectivity index (χ3v) is 5.62. The zero-order valence-electron chi connectivity index (χ0n) is 15.8. The molecule has 29 heavy (non-hydrogen) atoms. The minimum Gasteiger partial charge on any atom is -0.496 e. The van der Waals surface area contributed by atoms with Crippen molar-refractivity contribution in [3.8, 4) is 22.8 Å². The number of para-hydroxylation sites is 1. The maximum Gasteiger partial charge on any atom is 0.196 e. The Bertz CT molecular complexity index is 1080. The SMILES string of the molecule is COc1ccccc1-c1nnc(SCCc2ccncc2)n1-c1ccc(Cl)cc1. The van der Waals surface area contributed by atoms with Crippen molar-refractivity contribution < 1.29 is 4.74 Å². The highest BCUT2D eigenvalue weighted by Crippen LogP contribution is 2.33. The number of rotatable bonds is 7. The number of benzene rings is 2. The molecular weight excluding hydrogens is 404 g/mol. The van der Waals surface area contributed by atoms with Gasteiger partial charge in [0.05, 0.1) is 12.7 Å². The van der Waals surface area contributed by atoms with E-state index >= 15 is 0 Å². The van der Waals surface area contributed by atoms with Crippen LogP contribution in [0, 0.1) is 0 Å². The van der Waals surface area contributed by atoms with Crippen LogP contribution in [-0.4, -0.2) is 32.6 Å². The van der Waals surface area contributed by atoms with Crippen molar-refractivity contribution in [3.05, 3.63) is 83.6 Å². The highest BCUT2D eigenvalue weighted by Gasteiger charge is 2.18. The summed E-state index contributed by atoms with van der Waals surface area (Å²) < 4.78 is 7.59. The van der Waals surface area contributed by atoms with Crippen molar-refractivity contribution in [2.45, 2.75) is 11.6 Å². The Labute approximate surface area is 178 Å². The first-order valence-corrected chi connectivity index (χ1v) is 10.5. The van der Waals surface area contributed by atoms with E-state index in [0.717, 1.165) is 40.2 Å². The summed E-state index contributed by atoms with van der Waals surface area (Å²) in [5.41, 5.74) is 3.08. The van der Waals surface area contributed by atoms with E-state index in [1.165, 1.54) is 5.56 Å². The maximum absolute atomic E-state index is 6.10. The Hall–Kier alpha value is -2.83. The van der Waals surface area contributed by atoms with E-state index in [-0.39, 0.29) is 0 Å². The number of methoxy groups -OCH3 is 1. The molecule has 0 amide bonds. The molecule has 0 unspecified atom stereocenters. The minimum atomic E-state index is 0.688. The van der Waals surface area contributed by atoms with Gasteiger partial charge in [-0.15, -0.1) is 10.2 Å². The van der Waals surface area contributed by atoms with Gasteiger partial charge < -0.3 is 4.74 Å². The normalized spacial score (nSPS) is 10.8. The fourth-order valence-electron chi connectivity index (χ4n) is 3.00. The molecule has 0 spiro atoms. The summed E-state index contributed by atoms with van der Waals surface area (Å²) in [6.07, 6.45) is 4.55. The van der Waals surface area contributed by atoms with E-state index in [1.807, 2.05) is 77.6 Å². The number of thioether (sulfide) groups is 1. The fourth-order valence-corrected chi connectivity index (χ4v) is 4.07. The number of aryl methyl sites for hydroxylation is 1. The Kier molecular flexibility index (Phi) is 6.12. The summed E-state index contributed by atoms with van der Waals surface area (Å²) in [5, 5.41) is 10.5. The van der Waals surface area contributed by atoms with Crippen LogP contribution in [0.2, 0.25) is 5.02 Å². The molecule has 5 nitrogen and oxygen atoms in total. The van der Waals surface area contributed by atoms with Crippen molar-refractivity contribution in [2.75, 3.05) is 12.9 Å². The maximum atomic E-state index is 6.10. The third kappa shape index (κ3) is 4.44. The van der Waals surface area contributed by atoms with Gasteiger partial charge >= 0.3 is 0 Å². The number of hydrogen-bond donors (Lipinski definition) is 0. The molecule has 4 aromatic rings. The van der Waals surface area contributed by atoms with E-state index in [1.54, 1.807) is 18.9 Å². The molecule has 2 aromatic heterocycles. The lowest BCUT2D eigenvalue weighted by Gasteiger charge is -2.12. The molecule has 0 bridgehead atoms. The summed E-state index contributed by atoms with van der Waals surface area (Å²) in [5.74, 6) is 2.36. The second-order valence-corrected chi connectivity index (χ2v) is 7.77. The highest BCUT2D eigenvalue weighted by molar-refractivity contribution is 7.99. The molecule has 4 rings (SSSR count). The van der Waals surface area contributed by atoms with Crippen LogP contribution in [0.3, 0.4) is 0 Å². The van der Waals surface area contributed by atoms with E-state index in [0.29, 0.717) is 5.02 Å². The predicted molar refractivity (Wildman–Crippen MR) is 117 cm³/mol. The molecule has 0 aliphatic carbocycles. The van der Waals surface area contributed by atoms with E-state index in [9.17, 15) is 0 Å². The summed E-state index contributed by atoms with van der Waals surface area (Å²) in [7, 11) is 1.66. The van der Waals surface area contributed by atoms with Crippen LogP contribution < -0.4 is 4.74 Å². The molecular formula is C22H19ClN4OS. The fraction of sp³-hybridized carbons (Fsp3) is 0.136. The van der Waals surface area contributed by atoms with Gasteiger partial charge in [-0.1, -0.05) is 35.5 Å². The lowest BCUT2D eigenvalue weighted by Crippen LogP contribution is -2.01. The van der Waals surface area contributed by atoms with Gasteiger partial charge in [-0.3, -0.25) is 9.55 Å². The molecule has 0 aliphatic heterocycles. The van der Waals surface area contributed by atoms with Crippen LogP contribution in [0.1, 0.15) is 5.56 Å². The van der Waals surface area contributed by atoms with Crippen LogP contribution in [0.15, 0.2) is 78.2 Å². The van der Waals surface area contributed by atoms with Crippen molar-refractivity contribution in [1.82, 2.24) is 19.7 Å². The van der Waals surface area contributed by atoms with Crippen molar-refractivity contribution in [2.24, 2.45) is 0 Å². The second kappa shape index (κ2) is 9.11. The van der Waals surface area contributed by atoms with Crippen LogP contribution >= 0.6 is 23.4 Å². The number of nitrogens with zero attached hydrogens (tertiary/aromatic N) is 4. The quantitative estimate of drug-likeness (QED) is 0.377. The Balaban J connectivity index is 1.69. The van der Waals surface area contributed by atoms with Gasteiger partial charge in [-0.05, 0) is 60.5 Å². The molecule has 7 heteroatoms. The van der Waals surface area contributed by atoms with Crippen molar-refractivity contribution in [3.63, 3.8) is 0 Å². The number of hydrogen-bond acceptors (Lipinski definition) is 5. The standard InChI is InChI=1S/C22H19ClN4OS/c1-28-20-5-3-2-4-19(20)21-25-26-22(27(21)18-8-6-17(23)7-9-18)29-15-12-16-10-13-24-14-11-16/h2-11,13-14H,12,15H2,1H3. The molecule has 0 N–H and O–H groups in total. The van der Waals surface area contributed by atoms with E-state index in [2.05, 4.69) is 15.2 Å². The second-order valence-electron chi connectivity index (χ2n) is 6.27. The zero-order valence-corrected chi connectivity index (χ0v) is 17.4. The van der Waals surface area contributed by atoms with Crippen LogP contribution in [0.4, 0.5) is 0 Å². The van der Waals surface area contributed by atoms with Gasteiger partial charge in [0.15, 0.2) is 11.0 Å². The van der Waals surface area contributed by atoms with Gasteiger partial charge in [0.25, 0.3) is 0 Å². The predicted octanol–water partition coefficient (Wildman–Crippen LogP) is 5.33. The van der Waals surface area contributed by atoms with E-state index in [4.69, 9.17) is 16.3 Å². The average molecular weight is 423 g/mol. The lowest BCUT2D eigenvalue weighted by molar-refractivity contribution is 0.416. The summed E-state index contributed by atoms with van der Waals surface area (Å²) in [6, 6.07) is 19.6. The molecule has 2 aromatic carbocycles. The summed E-state index contributed by atoms with van der Waals surface area (Å²) in [4.78, 5) is 4.07. The number of aromatic nitrogens is 4. The topological polar surface area (TPSA) is 52.8 Å². The average Bonchev–Trinajstić information content (AvgIpc) is 3.18. The van der Waals surface area contributed by atoms with Crippen molar-refractivity contribution >= 4 is 23.4 Å². The van der Waals surface area contributed by atoms with Gasteiger partial charge in [0.1, 0.15) is 5.75 Å². The van der Waals surface area contributed by atoms with Crippen LogP contribution in [0.25, 0.3) is 17.1 Å². The lowest BCUT2D eigenvalue weighted by atomic mass is 10.2. The number of ether oxygens (including phenoxy) is 1. The van der Waals surface area contributed by atoms with Crippen molar-refractivity contribution in [1.29, 1.82) is 0 Å². The monoisotopic (exact) mass is 422 g/mol. The highest BCUT2D eigenvalue weighted by atomic mass is 35.5. The van der Waals surface area contributed by atoms with Gasteiger partial charge in [0, 0.05) is 28.9 Å². The third-order valence-electron chi connectivity index (χ3n) is 4.44. The molecule has 0 fully saturated rings. The molecule has 0 saturated carbocycles. The first-order chi connectivity index (χ1) is 14.3. The van der Waals surface area contributed by atoms with Gasteiger partial charge in [0.2, 0.25) is 0 Å². The molecule has 0 saturated heterocycles. The zero-order chi connectivity index (χ0) is 20.1. The summed E-state index contributed by atoms with van der Waals surface area (Å²) in [6.45, 7) is 0. The first-order valence-electron chi connectivity index (χ1n) is 9.12. The first kappa shape index (κ1) is 19.5. The molecule has 0 aliphatic rings. The minimum absolute atomic E-state index is 0.688. The van der Waals surface area contributed by atoms with Gasteiger partial charge in [-0.25, -0.2) is 0 Å². The number of halogens is 1. The van der Waals surface area contributed by atoms with Gasteiger partial charge in [-0.2, -0.15) is 0 Å². The molecule has 0 atom stereocenters. The number of pyridine rings is 1. The Morgan fingerprint density at radius 3 is 2.48 bits per heavy atom. The largest absolute Gasteiger partial charge is 0.496 e. The van der Waals surface area contributed by atoms with Crippen LogP contribution in [-0.2, 0) is 6.42 Å².